The van der Waals surface area contributed by atoms with Crippen LogP contribution in [-0.4, -0.2) is 23.9 Å². The average Bonchev–Trinajstić information content (AvgIpc) is 2.79. The van der Waals surface area contributed by atoms with E-state index in [9.17, 15) is 9.18 Å². The monoisotopic (exact) mass is 497 g/mol. The van der Waals surface area contributed by atoms with Crippen LogP contribution in [-0.2, 0) is 4.79 Å². The molecule has 2 aliphatic heterocycles. The van der Waals surface area contributed by atoms with Gasteiger partial charge < -0.3 is 20.1 Å². The van der Waals surface area contributed by atoms with Gasteiger partial charge in [0, 0.05) is 22.0 Å². The number of hydrogen-bond acceptors (Lipinski definition) is 4. The molecule has 2 heterocycles. The van der Waals surface area contributed by atoms with Crippen LogP contribution < -0.4 is 25.0 Å². The Bertz CT molecular complexity index is 1290. The molecule has 1 saturated heterocycles. The lowest BCUT2D eigenvalue weighted by atomic mass is 9.78. The van der Waals surface area contributed by atoms with Crippen molar-refractivity contribution in [3.63, 3.8) is 0 Å². The molecule has 0 aliphatic carbocycles. The third-order valence-electron chi connectivity index (χ3n) is 6.17. The number of nitrogens with zero attached hydrogens (tertiary/aromatic N) is 1. The third kappa shape index (κ3) is 3.63. The fourth-order valence-corrected chi connectivity index (χ4v) is 5.23. The minimum absolute atomic E-state index is 0.292. The van der Waals surface area contributed by atoms with E-state index in [2.05, 4.69) is 10.6 Å². The molecule has 5 rings (SSSR count). The summed E-state index contributed by atoms with van der Waals surface area (Å²) in [6.07, 6.45) is 0. The van der Waals surface area contributed by atoms with E-state index in [1.807, 2.05) is 12.1 Å². The topological polar surface area (TPSA) is 62.8 Å². The van der Waals surface area contributed by atoms with Gasteiger partial charge in [-0.2, -0.15) is 0 Å². The Balaban J connectivity index is 1.65. The number of anilines is 2. The van der Waals surface area contributed by atoms with Crippen molar-refractivity contribution in [2.75, 3.05) is 17.3 Å². The molecule has 3 atom stereocenters. The van der Waals surface area contributed by atoms with Gasteiger partial charge in [-0.05, 0) is 67.7 Å². The van der Waals surface area contributed by atoms with E-state index in [0.29, 0.717) is 33.0 Å². The number of fused-ring (bicyclic) bond motifs is 4. The van der Waals surface area contributed by atoms with E-state index in [1.165, 1.54) is 12.1 Å². The first-order valence-corrected chi connectivity index (χ1v) is 11.4. The molecule has 3 aromatic rings. The van der Waals surface area contributed by atoms with Gasteiger partial charge in [0.15, 0.2) is 22.3 Å². The average molecular weight is 498 g/mol. The van der Waals surface area contributed by atoms with Crippen LogP contribution in [0.1, 0.15) is 18.5 Å². The molecule has 9 heteroatoms. The quantitative estimate of drug-likeness (QED) is 0.478. The van der Waals surface area contributed by atoms with Gasteiger partial charge in [-0.1, -0.05) is 29.8 Å². The molecule has 0 spiro atoms. The smallest absolute Gasteiger partial charge is 0.236 e. The number of thiocarbonyl (C=S) groups is 1. The zero-order chi connectivity index (χ0) is 24.0. The summed E-state index contributed by atoms with van der Waals surface area (Å²) >= 11 is 11.7. The standard InChI is InChI=1S/C25H21ClFN3O3S/c1-25-20(23(31)28-16-11-9-14(26)10-12-16)21(18-7-4-8-19(32-2)22(18)33-25)29-24(34)30(25)17-6-3-5-15(27)13-17/h3-13,20-21H,1-2H3,(H,28,31)(H,29,34)/t20-,21-,25-/m0/s1. The van der Waals surface area contributed by atoms with Crippen LogP contribution in [0.25, 0.3) is 0 Å². The van der Waals surface area contributed by atoms with Gasteiger partial charge in [0.2, 0.25) is 5.91 Å². The van der Waals surface area contributed by atoms with Crippen molar-refractivity contribution in [1.82, 2.24) is 5.32 Å². The second-order valence-corrected chi connectivity index (χ2v) is 9.07. The van der Waals surface area contributed by atoms with Gasteiger partial charge in [0.25, 0.3) is 0 Å². The summed E-state index contributed by atoms with van der Waals surface area (Å²) in [7, 11) is 1.55. The fraction of sp³-hybridized carbons (Fsp3) is 0.200. The minimum atomic E-state index is -1.29. The maximum Gasteiger partial charge on any atom is 0.236 e. The van der Waals surface area contributed by atoms with E-state index in [4.69, 9.17) is 33.3 Å². The highest BCUT2D eigenvalue weighted by Crippen LogP contribution is 2.52. The van der Waals surface area contributed by atoms with Gasteiger partial charge in [-0.15, -0.1) is 0 Å². The highest BCUT2D eigenvalue weighted by atomic mass is 35.5. The summed E-state index contributed by atoms with van der Waals surface area (Å²) in [5.41, 5.74) is 0.502. The molecule has 6 nitrogen and oxygen atoms in total. The number of amides is 1. The van der Waals surface area contributed by atoms with Gasteiger partial charge in [-0.25, -0.2) is 4.39 Å². The molecule has 2 aliphatic rings. The number of para-hydroxylation sites is 1. The first-order chi connectivity index (χ1) is 16.3. The number of hydrogen-bond donors (Lipinski definition) is 2. The lowest BCUT2D eigenvalue weighted by Gasteiger charge is -2.56. The highest BCUT2D eigenvalue weighted by molar-refractivity contribution is 7.80. The molecule has 0 radical (unpaired) electrons. The molecule has 0 aromatic heterocycles. The number of ether oxygens (including phenoxy) is 2. The first-order valence-electron chi connectivity index (χ1n) is 10.6. The lowest BCUT2D eigenvalue weighted by molar-refractivity contribution is -0.130. The molecule has 2 N–H and O–H groups in total. The van der Waals surface area contributed by atoms with Crippen LogP contribution >= 0.6 is 23.8 Å². The number of rotatable bonds is 4. The van der Waals surface area contributed by atoms with Crippen LogP contribution in [0, 0.1) is 11.7 Å². The van der Waals surface area contributed by atoms with Crippen LogP contribution in [0.4, 0.5) is 15.8 Å². The Labute approximate surface area is 206 Å². The number of carbonyl (C=O) groups excluding carboxylic acids is 1. The molecule has 174 valence electrons. The maximum atomic E-state index is 14.2. The van der Waals surface area contributed by atoms with E-state index in [0.717, 1.165) is 5.56 Å². The molecule has 2 bridgehead atoms. The third-order valence-corrected chi connectivity index (χ3v) is 6.72. The van der Waals surface area contributed by atoms with Crippen molar-refractivity contribution in [2.45, 2.75) is 18.7 Å². The van der Waals surface area contributed by atoms with Gasteiger partial charge in [0.05, 0.1) is 13.2 Å². The zero-order valence-electron chi connectivity index (χ0n) is 18.3. The summed E-state index contributed by atoms with van der Waals surface area (Å²) in [4.78, 5) is 15.4. The van der Waals surface area contributed by atoms with Crippen LogP contribution in [0.5, 0.6) is 11.5 Å². The Morgan fingerprint density at radius 2 is 1.94 bits per heavy atom. The number of benzene rings is 3. The van der Waals surface area contributed by atoms with E-state index in [-0.39, 0.29) is 5.91 Å². The minimum Gasteiger partial charge on any atom is -0.493 e. The highest BCUT2D eigenvalue weighted by Gasteiger charge is 2.59. The van der Waals surface area contributed by atoms with E-state index < -0.39 is 23.5 Å². The molecule has 0 saturated carbocycles. The maximum absolute atomic E-state index is 14.2. The predicted octanol–water partition coefficient (Wildman–Crippen LogP) is 5.29. The Kier molecular flexibility index (Phi) is 5.58. The van der Waals surface area contributed by atoms with E-state index >= 15 is 0 Å². The molecule has 0 unspecified atom stereocenters. The summed E-state index contributed by atoms with van der Waals surface area (Å²) in [6.45, 7) is 1.78. The normalized spacial score (nSPS) is 22.8. The van der Waals surface area contributed by atoms with Crippen molar-refractivity contribution in [1.29, 1.82) is 0 Å². The predicted molar refractivity (Wildman–Crippen MR) is 133 cm³/mol. The Morgan fingerprint density at radius 3 is 2.65 bits per heavy atom. The lowest BCUT2D eigenvalue weighted by Crippen LogP contribution is -2.72. The van der Waals surface area contributed by atoms with Crippen molar-refractivity contribution >= 4 is 46.2 Å². The largest absolute Gasteiger partial charge is 0.493 e. The summed E-state index contributed by atoms with van der Waals surface area (Å²) < 4.78 is 26.3. The zero-order valence-corrected chi connectivity index (χ0v) is 19.9. The number of nitrogens with one attached hydrogen (secondary N) is 2. The Morgan fingerprint density at radius 1 is 1.21 bits per heavy atom. The number of carbonyl (C=O) groups is 1. The second kappa shape index (κ2) is 8.45. The SMILES string of the molecule is COc1cccc2c1O[C@@]1(C)[C@H](C(=O)Nc3ccc(Cl)cc3)[C@H]2NC(=S)N1c1cccc(F)c1. The molecular weight excluding hydrogens is 477 g/mol. The van der Waals surface area contributed by atoms with Crippen LogP contribution in [0.3, 0.4) is 0 Å². The van der Waals surface area contributed by atoms with E-state index in [1.54, 1.807) is 61.4 Å². The van der Waals surface area contributed by atoms with Crippen molar-refractivity contribution in [2.24, 2.45) is 5.92 Å². The van der Waals surface area contributed by atoms with Crippen molar-refractivity contribution in [3.05, 3.63) is 83.1 Å². The van der Waals surface area contributed by atoms with Crippen LogP contribution in [0.2, 0.25) is 5.02 Å². The Hall–Kier alpha value is -3.36. The van der Waals surface area contributed by atoms with Gasteiger partial charge in [-0.3, -0.25) is 9.69 Å². The molecule has 1 amide bonds. The van der Waals surface area contributed by atoms with Crippen molar-refractivity contribution in [3.8, 4) is 11.5 Å². The fourth-order valence-electron chi connectivity index (χ4n) is 4.69. The summed E-state index contributed by atoms with van der Waals surface area (Å²) in [5.74, 6) is -0.456. The molecule has 1 fully saturated rings. The molecule has 3 aromatic carbocycles. The van der Waals surface area contributed by atoms with Gasteiger partial charge >= 0.3 is 0 Å². The first kappa shape index (κ1) is 22.4. The second-order valence-electron chi connectivity index (χ2n) is 8.25. The van der Waals surface area contributed by atoms with Gasteiger partial charge in [0.1, 0.15) is 11.7 Å². The molecule has 34 heavy (non-hydrogen) atoms. The van der Waals surface area contributed by atoms with Crippen molar-refractivity contribution < 1.29 is 18.7 Å². The number of halogens is 2. The number of methoxy groups -OCH3 is 1. The molecular formula is C25H21ClFN3O3S. The summed E-state index contributed by atoms with van der Waals surface area (Å²) in [5, 5.41) is 7.13. The summed E-state index contributed by atoms with van der Waals surface area (Å²) in [6, 6.07) is 17.8. The van der Waals surface area contributed by atoms with Crippen LogP contribution in [0.15, 0.2) is 66.7 Å².